The molecule has 2 amide bonds. The summed E-state index contributed by atoms with van der Waals surface area (Å²) in [5.41, 5.74) is -0.413. The van der Waals surface area contributed by atoms with Gasteiger partial charge < -0.3 is 19.3 Å². The fourth-order valence-corrected chi connectivity index (χ4v) is 4.34. The van der Waals surface area contributed by atoms with Crippen LogP contribution in [0.1, 0.15) is 67.2 Å². The molecule has 0 bridgehead atoms. The van der Waals surface area contributed by atoms with E-state index in [1.807, 2.05) is 9.80 Å². The van der Waals surface area contributed by atoms with Crippen LogP contribution in [0.3, 0.4) is 0 Å². The van der Waals surface area contributed by atoms with Gasteiger partial charge in [-0.05, 0) is 53.4 Å². The maximum absolute atomic E-state index is 12.3. The van der Waals surface area contributed by atoms with Crippen LogP contribution >= 0.6 is 0 Å². The van der Waals surface area contributed by atoms with Gasteiger partial charge in [0.25, 0.3) is 0 Å². The lowest BCUT2D eigenvalue weighted by Crippen LogP contribution is -2.53. The van der Waals surface area contributed by atoms with E-state index in [1.54, 1.807) is 13.8 Å². The first-order valence-electron chi connectivity index (χ1n) is 9.83. The number of hydrogen-bond acceptors (Lipinski definition) is 4. The standard InChI is InChI=1S/C20H36N2O4/c1-15(23)21(17-7-11-25-19(3,4)13-17)9-10-22(16(2)24)18-8-12-26-20(5,6)14-18/h17-18H,7-14H2,1-6H3/t17-,18-/m0/s1. The zero-order chi connectivity index (χ0) is 19.5. The summed E-state index contributed by atoms with van der Waals surface area (Å²) < 4.78 is 11.6. The molecule has 6 heteroatoms. The Bertz CT molecular complexity index is 472. The van der Waals surface area contributed by atoms with Gasteiger partial charge in [0.05, 0.1) is 11.2 Å². The highest BCUT2D eigenvalue weighted by Gasteiger charge is 2.36. The topological polar surface area (TPSA) is 59.1 Å². The number of ether oxygens (including phenoxy) is 2. The third kappa shape index (κ3) is 5.68. The van der Waals surface area contributed by atoms with E-state index in [-0.39, 0.29) is 35.1 Å². The summed E-state index contributed by atoms with van der Waals surface area (Å²) in [4.78, 5) is 28.4. The van der Waals surface area contributed by atoms with Gasteiger partial charge >= 0.3 is 0 Å². The zero-order valence-electron chi connectivity index (χ0n) is 17.3. The first-order chi connectivity index (χ1) is 12.0. The normalized spacial score (nSPS) is 27.6. The molecular weight excluding hydrogens is 332 g/mol. The maximum atomic E-state index is 12.3. The molecule has 0 aromatic heterocycles. The van der Waals surface area contributed by atoms with Gasteiger partial charge in [-0.15, -0.1) is 0 Å². The average Bonchev–Trinajstić information content (AvgIpc) is 2.48. The Kier molecular flexibility index (Phi) is 6.72. The van der Waals surface area contributed by atoms with Crippen LogP contribution in [0, 0.1) is 0 Å². The minimum Gasteiger partial charge on any atom is -0.375 e. The molecule has 2 atom stereocenters. The lowest BCUT2D eigenvalue weighted by atomic mass is 9.92. The highest BCUT2D eigenvalue weighted by atomic mass is 16.5. The molecule has 2 fully saturated rings. The van der Waals surface area contributed by atoms with Crippen LogP contribution in [0.25, 0.3) is 0 Å². The summed E-state index contributed by atoms with van der Waals surface area (Å²) in [6.45, 7) is 14.0. The highest BCUT2D eigenvalue weighted by molar-refractivity contribution is 5.75. The first-order valence-corrected chi connectivity index (χ1v) is 9.83. The quantitative estimate of drug-likeness (QED) is 0.748. The molecule has 0 aromatic carbocycles. The fraction of sp³-hybridized carbons (Fsp3) is 0.900. The average molecular weight is 369 g/mol. The summed E-state index contributed by atoms with van der Waals surface area (Å²) in [5, 5.41) is 0. The molecule has 26 heavy (non-hydrogen) atoms. The molecule has 0 N–H and O–H groups in total. The third-order valence-corrected chi connectivity index (χ3v) is 5.61. The van der Waals surface area contributed by atoms with Crippen molar-refractivity contribution in [1.29, 1.82) is 0 Å². The van der Waals surface area contributed by atoms with Crippen molar-refractivity contribution >= 4 is 11.8 Å². The van der Waals surface area contributed by atoms with Gasteiger partial charge in [0.2, 0.25) is 11.8 Å². The van der Waals surface area contributed by atoms with Gasteiger partial charge in [0.15, 0.2) is 0 Å². The largest absolute Gasteiger partial charge is 0.375 e. The monoisotopic (exact) mass is 368 g/mol. The zero-order valence-corrected chi connectivity index (χ0v) is 17.3. The Morgan fingerprint density at radius 1 is 0.808 bits per heavy atom. The van der Waals surface area contributed by atoms with Crippen LogP contribution in [-0.4, -0.2) is 71.2 Å². The third-order valence-electron chi connectivity index (χ3n) is 5.61. The minimum atomic E-state index is -0.207. The summed E-state index contributed by atoms with van der Waals surface area (Å²) in [5.74, 6) is 0.145. The second kappa shape index (κ2) is 8.26. The number of rotatable bonds is 5. The van der Waals surface area contributed by atoms with Gasteiger partial charge in [-0.25, -0.2) is 0 Å². The molecule has 2 saturated heterocycles. The Labute approximate surface area is 158 Å². The lowest BCUT2D eigenvalue weighted by Gasteiger charge is -2.44. The molecule has 0 saturated carbocycles. The number of hydrogen-bond donors (Lipinski definition) is 0. The summed E-state index contributed by atoms with van der Waals surface area (Å²) in [6, 6.07) is 0.354. The molecule has 0 radical (unpaired) electrons. The van der Waals surface area contributed by atoms with E-state index in [1.165, 1.54) is 0 Å². The number of carbonyl (C=O) groups excluding carboxylic acids is 2. The van der Waals surface area contributed by atoms with Crippen LogP contribution in [0.4, 0.5) is 0 Å². The molecule has 2 aliphatic heterocycles. The van der Waals surface area contributed by atoms with Crippen molar-refractivity contribution in [2.24, 2.45) is 0 Å². The van der Waals surface area contributed by atoms with Crippen LogP contribution < -0.4 is 0 Å². The van der Waals surface area contributed by atoms with Crippen molar-refractivity contribution in [3.8, 4) is 0 Å². The SMILES string of the molecule is CC(=O)N(CCN(C(C)=O)[C@H]1CCOC(C)(C)C1)[C@H]1CCOC(C)(C)C1. The van der Waals surface area contributed by atoms with Crippen molar-refractivity contribution in [3.63, 3.8) is 0 Å². The molecule has 0 unspecified atom stereocenters. The fourth-order valence-electron chi connectivity index (χ4n) is 4.34. The molecule has 0 aromatic rings. The van der Waals surface area contributed by atoms with Crippen molar-refractivity contribution in [1.82, 2.24) is 9.80 Å². The molecule has 150 valence electrons. The summed E-state index contributed by atoms with van der Waals surface area (Å²) in [7, 11) is 0. The van der Waals surface area contributed by atoms with Crippen molar-refractivity contribution in [3.05, 3.63) is 0 Å². The van der Waals surface area contributed by atoms with Gasteiger partial charge in [0, 0.05) is 52.2 Å². The molecule has 0 spiro atoms. The van der Waals surface area contributed by atoms with Crippen LogP contribution in [0.5, 0.6) is 0 Å². The molecule has 6 nitrogen and oxygen atoms in total. The number of amides is 2. The second-order valence-electron chi connectivity index (χ2n) is 8.93. The molecule has 2 rings (SSSR count). The number of nitrogens with zero attached hydrogens (tertiary/aromatic N) is 2. The van der Waals surface area contributed by atoms with Crippen LogP contribution in [-0.2, 0) is 19.1 Å². The van der Waals surface area contributed by atoms with E-state index in [2.05, 4.69) is 27.7 Å². The van der Waals surface area contributed by atoms with Gasteiger partial charge in [-0.2, -0.15) is 0 Å². The van der Waals surface area contributed by atoms with E-state index < -0.39 is 0 Å². The molecule has 2 heterocycles. The first kappa shape index (κ1) is 21.2. The van der Waals surface area contributed by atoms with E-state index in [0.717, 1.165) is 25.7 Å². The van der Waals surface area contributed by atoms with Crippen molar-refractivity contribution in [2.45, 2.75) is 90.5 Å². The predicted molar refractivity (Wildman–Crippen MR) is 101 cm³/mol. The Balaban J connectivity index is 2.03. The van der Waals surface area contributed by atoms with Gasteiger partial charge in [-0.3, -0.25) is 9.59 Å². The molecular formula is C20H36N2O4. The lowest BCUT2D eigenvalue weighted by molar-refractivity contribution is -0.144. The predicted octanol–water partition coefficient (Wildman–Crippen LogP) is 2.60. The van der Waals surface area contributed by atoms with Crippen molar-refractivity contribution < 1.29 is 19.1 Å². The van der Waals surface area contributed by atoms with E-state index in [9.17, 15) is 9.59 Å². The molecule has 0 aliphatic carbocycles. The maximum Gasteiger partial charge on any atom is 0.219 e. The van der Waals surface area contributed by atoms with Gasteiger partial charge in [-0.1, -0.05) is 0 Å². The summed E-state index contributed by atoms with van der Waals surface area (Å²) in [6.07, 6.45) is 3.37. The smallest absolute Gasteiger partial charge is 0.219 e. The van der Waals surface area contributed by atoms with E-state index in [4.69, 9.17) is 9.47 Å². The van der Waals surface area contributed by atoms with Gasteiger partial charge in [0.1, 0.15) is 0 Å². The molecule has 2 aliphatic rings. The Hall–Kier alpha value is -1.14. The van der Waals surface area contributed by atoms with Crippen molar-refractivity contribution in [2.75, 3.05) is 26.3 Å². The Morgan fingerprint density at radius 3 is 1.42 bits per heavy atom. The van der Waals surface area contributed by atoms with E-state index in [0.29, 0.717) is 26.3 Å². The van der Waals surface area contributed by atoms with Crippen LogP contribution in [0.2, 0.25) is 0 Å². The van der Waals surface area contributed by atoms with E-state index >= 15 is 0 Å². The minimum absolute atomic E-state index is 0.0727. The highest BCUT2D eigenvalue weighted by Crippen LogP contribution is 2.29. The number of carbonyl (C=O) groups is 2. The summed E-state index contributed by atoms with van der Waals surface area (Å²) >= 11 is 0. The second-order valence-corrected chi connectivity index (χ2v) is 8.93. The Morgan fingerprint density at radius 2 is 1.15 bits per heavy atom. The van der Waals surface area contributed by atoms with Crippen LogP contribution in [0.15, 0.2) is 0 Å².